The predicted molar refractivity (Wildman–Crippen MR) is 78.5 cm³/mol. The fourth-order valence-electron chi connectivity index (χ4n) is 3.76. The van der Waals surface area contributed by atoms with Crippen LogP contribution in [0.25, 0.3) is 10.8 Å². The fourth-order valence-corrected chi connectivity index (χ4v) is 3.76. The first-order valence-corrected chi connectivity index (χ1v) is 7.53. The van der Waals surface area contributed by atoms with Crippen molar-refractivity contribution in [2.24, 2.45) is 17.8 Å². The van der Waals surface area contributed by atoms with Gasteiger partial charge < -0.3 is 4.74 Å². The van der Waals surface area contributed by atoms with Crippen LogP contribution in [0.5, 0.6) is 5.75 Å². The van der Waals surface area contributed by atoms with Crippen LogP contribution in [0.2, 0.25) is 0 Å². The molecule has 2 aromatic rings. The first-order valence-electron chi connectivity index (χ1n) is 7.53. The molecule has 0 radical (unpaired) electrons. The van der Waals surface area contributed by atoms with E-state index in [4.69, 9.17) is 4.74 Å². The lowest BCUT2D eigenvalue weighted by atomic mass is 10.0. The van der Waals surface area contributed by atoms with Gasteiger partial charge in [0.15, 0.2) is 0 Å². The lowest BCUT2D eigenvalue weighted by Crippen LogP contribution is -2.12. The largest absolute Gasteiger partial charge is 0.426 e. The molecule has 0 saturated heterocycles. The zero-order valence-electron chi connectivity index (χ0n) is 11.4. The van der Waals surface area contributed by atoms with E-state index >= 15 is 0 Å². The Kier molecular flexibility index (Phi) is 2.76. The highest BCUT2D eigenvalue weighted by molar-refractivity contribution is 5.85. The standard InChI is InChI=1S/C18H18O2/c19-18(17-15-7-3-4-8-16(15)17)20-14-10-9-12-5-1-2-6-13(12)11-14/h1-2,5-6,9-11,15-17H,3-4,7-8H2/t15-,16-/m1/s1. The molecule has 0 spiro atoms. The van der Waals surface area contributed by atoms with Crippen molar-refractivity contribution in [2.45, 2.75) is 25.7 Å². The molecule has 20 heavy (non-hydrogen) atoms. The minimum atomic E-state index is -0.0165. The van der Waals surface area contributed by atoms with E-state index in [1.807, 2.05) is 36.4 Å². The van der Waals surface area contributed by atoms with Crippen molar-refractivity contribution < 1.29 is 9.53 Å². The van der Waals surface area contributed by atoms with Crippen LogP contribution in [-0.2, 0) is 4.79 Å². The molecule has 0 heterocycles. The zero-order chi connectivity index (χ0) is 13.5. The summed E-state index contributed by atoms with van der Waals surface area (Å²) in [6.07, 6.45) is 4.98. The van der Waals surface area contributed by atoms with Gasteiger partial charge in [0.05, 0.1) is 5.92 Å². The van der Waals surface area contributed by atoms with E-state index in [1.165, 1.54) is 31.1 Å². The Balaban J connectivity index is 1.51. The van der Waals surface area contributed by atoms with Gasteiger partial charge in [-0.2, -0.15) is 0 Å². The summed E-state index contributed by atoms with van der Waals surface area (Å²) in [4.78, 5) is 12.3. The van der Waals surface area contributed by atoms with Gasteiger partial charge in [0.2, 0.25) is 0 Å². The van der Waals surface area contributed by atoms with Gasteiger partial charge in [0.1, 0.15) is 5.75 Å². The minimum Gasteiger partial charge on any atom is -0.426 e. The molecule has 2 aliphatic carbocycles. The highest BCUT2D eigenvalue weighted by atomic mass is 16.5. The van der Waals surface area contributed by atoms with E-state index in [1.54, 1.807) is 0 Å². The van der Waals surface area contributed by atoms with Crippen LogP contribution in [0.4, 0.5) is 0 Å². The average Bonchev–Trinajstić information content (AvgIpc) is 3.21. The van der Waals surface area contributed by atoms with E-state index in [0.717, 1.165) is 5.39 Å². The van der Waals surface area contributed by atoms with Gasteiger partial charge in [-0.3, -0.25) is 4.79 Å². The second-order valence-corrected chi connectivity index (χ2v) is 6.07. The van der Waals surface area contributed by atoms with Crippen molar-refractivity contribution in [3.8, 4) is 5.75 Å². The SMILES string of the molecule is O=C(Oc1ccc2ccccc2c1)C1[C@@H]2CCCC[C@@H]12. The van der Waals surface area contributed by atoms with Crippen molar-refractivity contribution >= 4 is 16.7 Å². The van der Waals surface area contributed by atoms with Crippen molar-refractivity contribution in [1.29, 1.82) is 0 Å². The molecule has 2 aliphatic rings. The maximum absolute atomic E-state index is 12.3. The first kappa shape index (κ1) is 12.0. The molecule has 2 saturated carbocycles. The van der Waals surface area contributed by atoms with Crippen molar-refractivity contribution in [1.82, 2.24) is 0 Å². The Morgan fingerprint density at radius 2 is 1.65 bits per heavy atom. The van der Waals surface area contributed by atoms with Crippen LogP contribution >= 0.6 is 0 Å². The lowest BCUT2D eigenvalue weighted by molar-refractivity contribution is -0.136. The monoisotopic (exact) mass is 266 g/mol. The van der Waals surface area contributed by atoms with Gasteiger partial charge >= 0.3 is 5.97 Å². The molecule has 2 heteroatoms. The Hall–Kier alpha value is -1.83. The van der Waals surface area contributed by atoms with Crippen LogP contribution in [-0.4, -0.2) is 5.97 Å². The Labute approximate surface area is 118 Å². The zero-order valence-corrected chi connectivity index (χ0v) is 11.4. The van der Waals surface area contributed by atoms with Crippen molar-refractivity contribution in [3.05, 3.63) is 42.5 Å². The first-order chi connectivity index (χ1) is 9.83. The molecule has 4 rings (SSSR count). The third-order valence-corrected chi connectivity index (χ3v) is 4.87. The molecule has 2 fully saturated rings. The van der Waals surface area contributed by atoms with Gasteiger partial charge in [-0.1, -0.05) is 43.2 Å². The van der Waals surface area contributed by atoms with Gasteiger partial charge in [-0.15, -0.1) is 0 Å². The van der Waals surface area contributed by atoms with E-state index < -0.39 is 0 Å². The Bertz CT molecular complexity index is 649. The smallest absolute Gasteiger partial charge is 0.314 e. The number of fused-ring (bicyclic) bond motifs is 2. The quantitative estimate of drug-likeness (QED) is 0.602. The van der Waals surface area contributed by atoms with Crippen LogP contribution in [0, 0.1) is 17.8 Å². The van der Waals surface area contributed by atoms with Crippen LogP contribution in [0.15, 0.2) is 42.5 Å². The van der Waals surface area contributed by atoms with E-state index in [9.17, 15) is 4.79 Å². The summed E-state index contributed by atoms with van der Waals surface area (Å²) in [6, 6.07) is 14.0. The molecule has 2 atom stereocenters. The molecular formula is C18H18O2. The van der Waals surface area contributed by atoms with E-state index in [2.05, 4.69) is 6.07 Å². The molecule has 0 unspecified atom stereocenters. The van der Waals surface area contributed by atoms with Gasteiger partial charge in [-0.05, 0) is 47.6 Å². The normalized spacial score (nSPS) is 27.9. The highest BCUT2D eigenvalue weighted by Gasteiger charge is 2.55. The third-order valence-electron chi connectivity index (χ3n) is 4.87. The van der Waals surface area contributed by atoms with Crippen LogP contribution in [0.1, 0.15) is 25.7 Å². The molecular weight excluding hydrogens is 248 g/mol. The molecule has 2 nitrogen and oxygen atoms in total. The second kappa shape index (κ2) is 4.62. The average molecular weight is 266 g/mol. The van der Waals surface area contributed by atoms with E-state index in [-0.39, 0.29) is 11.9 Å². The summed E-state index contributed by atoms with van der Waals surface area (Å²) < 4.78 is 5.60. The van der Waals surface area contributed by atoms with Crippen molar-refractivity contribution in [3.63, 3.8) is 0 Å². The second-order valence-electron chi connectivity index (χ2n) is 6.07. The summed E-state index contributed by atoms with van der Waals surface area (Å²) in [5.74, 6) is 2.05. The summed E-state index contributed by atoms with van der Waals surface area (Å²) in [6.45, 7) is 0. The minimum absolute atomic E-state index is 0.0165. The number of rotatable bonds is 2. The number of hydrogen-bond acceptors (Lipinski definition) is 2. The van der Waals surface area contributed by atoms with Gasteiger partial charge in [0.25, 0.3) is 0 Å². The van der Waals surface area contributed by atoms with Gasteiger partial charge in [0, 0.05) is 0 Å². The summed E-state index contributed by atoms with van der Waals surface area (Å²) in [5.41, 5.74) is 0. The molecule has 0 amide bonds. The topological polar surface area (TPSA) is 26.3 Å². The number of ether oxygens (including phenoxy) is 1. The number of benzene rings is 2. The van der Waals surface area contributed by atoms with Crippen LogP contribution < -0.4 is 4.74 Å². The Morgan fingerprint density at radius 1 is 0.950 bits per heavy atom. The molecule has 0 aliphatic heterocycles. The van der Waals surface area contributed by atoms with E-state index in [0.29, 0.717) is 17.6 Å². The highest BCUT2D eigenvalue weighted by Crippen LogP contribution is 2.55. The van der Waals surface area contributed by atoms with Crippen molar-refractivity contribution in [2.75, 3.05) is 0 Å². The summed E-state index contributed by atoms with van der Waals surface area (Å²) in [5, 5.41) is 2.29. The summed E-state index contributed by atoms with van der Waals surface area (Å²) in [7, 11) is 0. The molecule has 0 N–H and O–H groups in total. The molecule has 102 valence electrons. The maximum Gasteiger partial charge on any atom is 0.314 e. The van der Waals surface area contributed by atoms with Gasteiger partial charge in [-0.25, -0.2) is 0 Å². The molecule has 2 aromatic carbocycles. The Morgan fingerprint density at radius 3 is 2.40 bits per heavy atom. The number of esters is 1. The number of carbonyl (C=O) groups is 1. The lowest BCUT2D eigenvalue weighted by Gasteiger charge is -2.05. The predicted octanol–water partition coefficient (Wildman–Crippen LogP) is 4.18. The van der Waals surface area contributed by atoms with Crippen LogP contribution in [0.3, 0.4) is 0 Å². The molecule has 0 aromatic heterocycles. The third kappa shape index (κ3) is 2.00. The fraction of sp³-hybridized carbons (Fsp3) is 0.389. The maximum atomic E-state index is 12.3. The number of carbonyl (C=O) groups excluding carboxylic acids is 1. The number of hydrogen-bond donors (Lipinski definition) is 0. The summed E-state index contributed by atoms with van der Waals surface area (Å²) >= 11 is 0. The molecule has 0 bridgehead atoms.